The molecule has 0 unspecified atom stereocenters. The van der Waals surface area contributed by atoms with Crippen molar-refractivity contribution in [2.24, 2.45) is 0 Å². The smallest absolute Gasteiger partial charge is 0.544 e. The van der Waals surface area contributed by atoms with Gasteiger partial charge in [-0.05, 0) is 6.42 Å². The number of hydrogen-bond donors (Lipinski definition) is 0. The molecule has 0 atom stereocenters. The Morgan fingerprint density at radius 1 is 1.67 bits per heavy atom. The number of carboxylic acid groups (broad SMARTS) is 1. The van der Waals surface area contributed by atoms with Crippen LogP contribution in [0.4, 0.5) is 0 Å². The average Bonchev–Trinajstić information content (AvgIpc) is 1.69. The SMILES string of the molecule is CCC(=C=O)C(=O)[O-].[Na+]. The summed E-state index contributed by atoms with van der Waals surface area (Å²) in [4.78, 5) is 19.3. The van der Waals surface area contributed by atoms with Crippen LogP contribution in [0.5, 0.6) is 0 Å². The van der Waals surface area contributed by atoms with Gasteiger partial charge >= 0.3 is 29.6 Å². The monoisotopic (exact) mass is 136 g/mol. The Hall–Kier alpha value is -0.0800. The Labute approximate surface area is 75.0 Å². The predicted molar refractivity (Wildman–Crippen MR) is 24.5 cm³/mol. The first kappa shape index (κ1) is 11.7. The van der Waals surface area contributed by atoms with Crippen molar-refractivity contribution in [2.75, 3.05) is 0 Å². The van der Waals surface area contributed by atoms with Gasteiger partial charge in [-0.25, -0.2) is 4.79 Å². The maximum absolute atomic E-state index is 9.75. The van der Waals surface area contributed by atoms with Crippen molar-refractivity contribution in [1.29, 1.82) is 0 Å². The molecule has 0 spiro atoms. The zero-order chi connectivity index (χ0) is 6.57. The Morgan fingerprint density at radius 2 is 2.11 bits per heavy atom. The van der Waals surface area contributed by atoms with E-state index >= 15 is 0 Å². The summed E-state index contributed by atoms with van der Waals surface area (Å²) in [5.41, 5.74) is -0.315. The van der Waals surface area contributed by atoms with Gasteiger partial charge in [-0.15, -0.1) is 0 Å². The summed E-state index contributed by atoms with van der Waals surface area (Å²) in [6.45, 7) is 1.55. The van der Waals surface area contributed by atoms with Crippen LogP contribution in [0.3, 0.4) is 0 Å². The normalized spacial score (nSPS) is 6.78. The fourth-order valence-electron chi connectivity index (χ4n) is 0.258. The molecule has 0 N–H and O–H groups in total. The Kier molecular flexibility index (Phi) is 7.85. The van der Waals surface area contributed by atoms with Gasteiger partial charge in [-0.1, -0.05) is 6.92 Å². The minimum atomic E-state index is -1.43. The van der Waals surface area contributed by atoms with Crippen LogP contribution in [-0.4, -0.2) is 11.9 Å². The van der Waals surface area contributed by atoms with Crippen LogP contribution >= 0.6 is 0 Å². The minimum absolute atomic E-state index is 0. The summed E-state index contributed by atoms with van der Waals surface area (Å²) in [5, 5.41) is 9.75. The molecule has 0 saturated carbocycles. The number of carboxylic acids is 1. The average molecular weight is 136 g/mol. The van der Waals surface area contributed by atoms with Crippen LogP contribution < -0.4 is 34.7 Å². The van der Waals surface area contributed by atoms with Gasteiger partial charge in [0.25, 0.3) is 0 Å². The molecule has 44 valence electrons. The van der Waals surface area contributed by atoms with Crippen LogP contribution in [0.25, 0.3) is 0 Å². The van der Waals surface area contributed by atoms with Crippen LogP contribution in [0.1, 0.15) is 13.3 Å². The van der Waals surface area contributed by atoms with Gasteiger partial charge in [-0.3, -0.25) is 0 Å². The van der Waals surface area contributed by atoms with Crippen LogP contribution in [-0.2, 0) is 9.59 Å². The molecule has 0 fully saturated rings. The molecule has 0 radical (unpaired) electrons. The molecule has 0 aromatic rings. The van der Waals surface area contributed by atoms with Crippen molar-refractivity contribution < 1.29 is 44.3 Å². The third kappa shape index (κ3) is 4.43. The first-order valence-corrected chi connectivity index (χ1v) is 2.17. The Morgan fingerprint density at radius 3 is 2.11 bits per heavy atom. The Bertz CT molecular complexity index is 146. The van der Waals surface area contributed by atoms with E-state index in [0.717, 1.165) is 0 Å². The second-order valence-corrected chi connectivity index (χ2v) is 1.22. The van der Waals surface area contributed by atoms with Gasteiger partial charge in [0.15, 0.2) is 0 Å². The van der Waals surface area contributed by atoms with E-state index in [1.165, 1.54) is 5.94 Å². The van der Waals surface area contributed by atoms with Crippen molar-refractivity contribution in [1.82, 2.24) is 0 Å². The molecular weight excluding hydrogens is 131 g/mol. The Balaban J connectivity index is 0. The maximum Gasteiger partial charge on any atom is 1.00 e. The first-order chi connectivity index (χ1) is 3.72. The van der Waals surface area contributed by atoms with E-state index in [1.807, 2.05) is 0 Å². The minimum Gasteiger partial charge on any atom is -0.544 e. The van der Waals surface area contributed by atoms with Crippen molar-refractivity contribution in [3.05, 3.63) is 5.57 Å². The first-order valence-electron chi connectivity index (χ1n) is 2.17. The van der Waals surface area contributed by atoms with Gasteiger partial charge in [0.1, 0.15) is 5.94 Å². The second-order valence-electron chi connectivity index (χ2n) is 1.22. The molecule has 0 aliphatic heterocycles. The maximum atomic E-state index is 9.75. The predicted octanol–water partition coefficient (Wildman–Crippen LogP) is -4.09. The largest absolute Gasteiger partial charge is 1.00 e. The van der Waals surface area contributed by atoms with Gasteiger partial charge in [-0.2, -0.15) is 0 Å². The molecule has 0 aliphatic carbocycles. The summed E-state index contributed by atoms with van der Waals surface area (Å²) < 4.78 is 0. The van der Waals surface area contributed by atoms with E-state index in [0.29, 0.717) is 0 Å². The summed E-state index contributed by atoms with van der Waals surface area (Å²) in [6.07, 6.45) is 0.172. The van der Waals surface area contributed by atoms with E-state index in [2.05, 4.69) is 0 Å². The fourth-order valence-corrected chi connectivity index (χ4v) is 0.258. The summed E-state index contributed by atoms with van der Waals surface area (Å²) in [7, 11) is 0. The van der Waals surface area contributed by atoms with Crippen molar-refractivity contribution in [2.45, 2.75) is 13.3 Å². The quantitative estimate of drug-likeness (QED) is 0.220. The molecule has 0 aromatic heterocycles. The van der Waals surface area contributed by atoms with E-state index in [9.17, 15) is 14.7 Å². The fraction of sp³-hybridized carbons (Fsp3) is 0.400. The summed E-state index contributed by atoms with van der Waals surface area (Å²) in [6, 6.07) is 0. The molecular formula is C5H5NaO3. The third-order valence-corrected chi connectivity index (χ3v) is 0.723. The second kappa shape index (κ2) is 6.05. The number of carbonyl (C=O) groups excluding carboxylic acids is 2. The molecule has 4 heteroatoms. The summed E-state index contributed by atoms with van der Waals surface area (Å²) in [5.74, 6) is -0.172. The molecule has 0 saturated heterocycles. The number of rotatable bonds is 2. The van der Waals surface area contributed by atoms with Gasteiger partial charge in [0.2, 0.25) is 0 Å². The molecule has 0 amide bonds. The van der Waals surface area contributed by atoms with Crippen molar-refractivity contribution in [3.63, 3.8) is 0 Å². The number of carbonyl (C=O) groups is 1. The zero-order valence-electron chi connectivity index (χ0n) is 5.43. The van der Waals surface area contributed by atoms with E-state index in [4.69, 9.17) is 0 Å². The molecule has 0 aromatic carbocycles. The molecule has 9 heavy (non-hydrogen) atoms. The zero-order valence-corrected chi connectivity index (χ0v) is 7.43. The molecule has 0 aliphatic rings. The van der Waals surface area contributed by atoms with Crippen LogP contribution in [0.2, 0.25) is 0 Å². The van der Waals surface area contributed by atoms with E-state index in [-0.39, 0.29) is 41.6 Å². The van der Waals surface area contributed by atoms with Crippen molar-refractivity contribution >= 4 is 11.9 Å². The number of hydrogen-bond acceptors (Lipinski definition) is 3. The van der Waals surface area contributed by atoms with Gasteiger partial charge < -0.3 is 9.90 Å². The number of aliphatic carboxylic acids is 1. The molecule has 0 heterocycles. The van der Waals surface area contributed by atoms with Gasteiger partial charge in [0.05, 0.1) is 11.5 Å². The van der Waals surface area contributed by atoms with Gasteiger partial charge in [0, 0.05) is 0 Å². The summed E-state index contributed by atoms with van der Waals surface area (Å²) >= 11 is 0. The topological polar surface area (TPSA) is 57.2 Å². The third-order valence-electron chi connectivity index (χ3n) is 0.723. The molecule has 3 nitrogen and oxygen atoms in total. The van der Waals surface area contributed by atoms with Crippen molar-refractivity contribution in [3.8, 4) is 0 Å². The van der Waals surface area contributed by atoms with Crippen LogP contribution in [0.15, 0.2) is 5.57 Å². The standard InChI is InChI=1S/C5H6O3.Na/c1-2-4(3-6)5(7)8;/h2H2,1H3,(H,7,8);/q;+1/p-1. The van der Waals surface area contributed by atoms with E-state index in [1.54, 1.807) is 6.92 Å². The van der Waals surface area contributed by atoms with Crippen LogP contribution in [0, 0.1) is 0 Å². The molecule has 0 bridgehead atoms. The molecule has 0 rings (SSSR count). The van der Waals surface area contributed by atoms with E-state index < -0.39 is 5.97 Å².